The zero-order valence-electron chi connectivity index (χ0n) is 14.8. The molecule has 0 aliphatic carbocycles. The Hall–Kier alpha value is -3.12. The van der Waals surface area contributed by atoms with Crippen LogP contribution in [-0.2, 0) is 16.6 Å². The Morgan fingerprint density at radius 2 is 2.07 bits per heavy atom. The first-order chi connectivity index (χ1) is 12.8. The van der Waals surface area contributed by atoms with Gasteiger partial charge < -0.3 is 4.52 Å². The van der Waals surface area contributed by atoms with E-state index >= 15 is 0 Å². The van der Waals surface area contributed by atoms with Crippen molar-refractivity contribution in [3.8, 4) is 11.5 Å². The zero-order valence-corrected chi connectivity index (χ0v) is 15.6. The SMILES string of the molecule is Cc1noc(-c2ccn3c(CNS(=O)(=O)c4c(C)n[nH]c4C)nnc3c2)n1. The largest absolute Gasteiger partial charge is 0.334 e. The molecular formula is C15H16N8O3S. The van der Waals surface area contributed by atoms with E-state index in [9.17, 15) is 8.42 Å². The molecule has 0 atom stereocenters. The van der Waals surface area contributed by atoms with Crippen molar-refractivity contribution in [2.75, 3.05) is 0 Å². The van der Waals surface area contributed by atoms with Crippen molar-refractivity contribution in [3.63, 3.8) is 0 Å². The number of nitrogens with zero attached hydrogens (tertiary/aromatic N) is 6. The molecule has 4 aromatic rings. The Morgan fingerprint density at radius 1 is 1.26 bits per heavy atom. The number of pyridine rings is 1. The van der Waals surface area contributed by atoms with Crippen molar-refractivity contribution < 1.29 is 12.9 Å². The van der Waals surface area contributed by atoms with Crippen LogP contribution in [0.25, 0.3) is 17.1 Å². The fourth-order valence-electron chi connectivity index (χ4n) is 2.78. The van der Waals surface area contributed by atoms with Gasteiger partial charge in [0.2, 0.25) is 10.0 Å². The monoisotopic (exact) mass is 388 g/mol. The Labute approximate surface area is 153 Å². The third-order valence-electron chi connectivity index (χ3n) is 4.00. The summed E-state index contributed by atoms with van der Waals surface area (Å²) in [7, 11) is -3.73. The number of rotatable bonds is 5. The average Bonchev–Trinajstić information content (AvgIpc) is 3.32. The summed E-state index contributed by atoms with van der Waals surface area (Å²) in [6, 6.07) is 3.51. The summed E-state index contributed by atoms with van der Waals surface area (Å²) in [4.78, 5) is 4.32. The quantitative estimate of drug-likeness (QED) is 0.513. The van der Waals surface area contributed by atoms with Crippen molar-refractivity contribution >= 4 is 15.7 Å². The van der Waals surface area contributed by atoms with Gasteiger partial charge in [0.1, 0.15) is 4.90 Å². The Morgan fingerprint density at radius 3 is 2.74 bits per heavy atom. The number of hydrogen-bond acceptors (Lipinski definition) is 8. The molecule has 2 N–H and O–H groups in total. The van der Waals surface area contributed by atoms with Crippen LogP contribution < -0.4 is 4.72 Å². The molecule has 0 aromatic carbocycles. The van der Waals surface area contributed by atoms with Gasteiger partial charge in [0.25, 0.3) is 5.89 Å². The second-order valence-corrected chi connectivity index (χ2v) is 7.70. The molecule has 27 heavy (non-hydrogen) atoms. The lowest BCUT2D eigenvalue weighted by Crippen LogP contribution is -2.25. The topological polar surface area (TPSA) is 144 Å². The number of sulfonamides is 1. The molecule has 0 radical (unpaired) electrons. The number of H-pyrrole nitrogens is 1. The van der Waals surface area contributed by atoms with Gasteiger partial charge >= 0.3 is 0 Å². The molecule has 140 valence electrons. The minimum Gasteiger partial charge on any atom is -0.334 e. The van der Waals surface area contributed by atoms with Crippen LogP contribution in [0.3, 0.4) is 0 Å². The smallest absolute Gasteiger partial charge is 0.258 e. The van der Waals surface area contributed by atoms with Gasteiger partial charge in [-0.3, -0.25) is 9.50 Å². The van der Waals surface area contributed by atoms with E-state index < -0.39 is 10.0 Å². The van der Waals surface area contributed by atoms with Gasteiger partial charge in [-0.05, 0) is 32.9 Å². The van der Waals surface area contributed by atoms with E-state index in [1.54, 1.807) is 43.5 Å². The predicted molar refractivity (Wildman–Crippen MR) is 93.1 cm³/mol. The van der Waals surface area contributed by atoms with Gasteiger partial charge in [0, 0.05) is 11.8 Å². The highest BCUT2D eigenvalue weighted by atomic mass is 32.2. The fraction of sp³-hybridized carbons (Fsp3) is 0.267. The third-order valence-corrected chi connectivity index (χ3v) is 5.67. The highest BCUT2D eigenvalue weighted by Crippen LogP contribution is 2.20. The van der Waals surface area contributed by atoms with Gasteiger partial charge in [-0.25, -0.2) is 13.1 Å². The molecular weight excluding hydrogens is 372 g/mol. The molecule has 4 rings (SSSR count). The van der Waals surface area contributed by atoms with Crippen molar-refractivity contribution in [2.24, 2.45) is 0 Å². The van der Waals surface area contributed by atoms with Gasteiger partial charge in [0.05, 0.1) is 17.9 Å². The number of aromatic amines is 1. The van der Waals surface area contributed by atoms with Crippen LogP contribution in [0.5, 0.6) is 0 Å². The molecule has 0 aliphatic rings. The number of hydrogen-bond donors (Lipinski definition) is 2. The molecule has 0 amide bonds. The van der Waals surface area contributed by atoms with Gasteiger partial charge in [-0.1, -0.05) is 5.16 Å². The summed E-state index contributed by atoms with van der Waals surface area (Å²) in [6.07, 6.45) is 1.72. The van der Waals surface area contributed by atoms with E-state index in [0.717, 1.165) is 0 Å². The Bertz CT molecular complexity index is 1220. The third kappa shape index (κ3) is 3.08. The molecule has 0 bridgehead atoms. The lowest BCUT2D eigenvalue weighted by atomic mass is 10.2. The lowest BCUT2D eigenvalue weighted by Gasteiger charge is -2.06. The van der Waals surface area contributed by atoms with Crippen LogP contribution in [0.1, 0.15) is 23.0 Å². The molecule has 4 heterocycles. The van der Waals surface area contributed by atoms with Crippen molar-refractivity contribution in [2.45, 2.75) is 32.2 Å². The highest BCUT2D eigenvalue weighted by Gasteiger charge is 2.22. The average molecular weight is 388 g/mol. The molecule has 0 fully saturated rings. The van der Waals surface area contributed by atoms with Gasteiger partial charge in [-0.2, -0.15) is 10.1 Å². The Balaban J connectivity index is 1.60. The van der Waals surface area contributed by atoms with Crippen LogP contribution in [-0.4, -0.2) is 43.4 Å². The van der Waals surface area contributed by atoms with Gasteiger partial charge in [-0.15, -0.1) is 10.2 Å². The number of nitrogens with one attached hydrogen (secondary N) is 2. The second-order valence-electron chi connectivity index (χ2n) is 5.99. The number of fused-ring (bicyclic) bond motifs is 1. The normalized spacial score (nSPS) is 12.1. The lowest BCUT2D eigenvalue weighted by molar-refractivity contribution is 0.425. The molecule has 12 heteroatoms. The van der Waals surface area contributed by atoms with E-state index in [2.05, 4.69) is 35.3 Å². The minimum atomic E-state index is -3.73. The second kappa shape index (κ2) is 6.25. The first kappa shape index (κ1) is 17.3. The molecule has 0 saturated heterocycles. The Kier molecular flexibility index (Phi) is 4.00. The molecule has 0 saturated carbocycles. The highest BCUT2D eigenvalue weighted by molar-refractivity contribution is 7.89. The fourth-order valence-corrected chi connectivity index (χ4v) is 4.12. The first-order valence-corrected chi connectivity index (χ1v) is 9.49. The first-order valence-electron chi connectivity index (χ1n) is 8.01. The maximum atomic E-state index is 12.6. The van der Waals surface area contributed by atoms with Crippen molar-refractivity contribution in [3.05, 3.63) is 41.4 Å². The predicted octanol–water partition coefficient (Wildman–Crippen LogP) is 0.906. The number of aromatic nitrogens is 7. The summed E-state index contributed by atoms with van der Waals surface area (Å²) in [5, 5.41) is 18.5. The van der Waals surface area contributed by atoms with Crippen molar-refractivity contribution in [1.82, 2.24) is 39.7 Å². The summed E-state index contributed by atoms with van der Waals surface area (Å²) in [6.45, 7) is 5.00. The summed E-state index contributed by atoms with van der Waals surface area (Å²) in [5.41, 5.74) is 2.12. The van der Waals surface area contributed by atoms with Crippen LogP contribution >= 0.6 is 0 Å². The minimum absolute atomic E-state index is 0.0213. The zero-order chi connectivity index (χ0) is 19.2. The van der Waals surface area contributed by atoms with Crippen LogP contribution in [0.4, 0.5) is 0 Å². The van der Waals surface area contributed by atoms with E-state index in [4.69, 9.17) is 4.52 Å². The summed E-state index contributed by atoms with van der Waals surface area (Å²) in [5.74, 6) is 1.36. The molecule has 4 aromatic heterocycles. The van der Waals surface area contributed by atoms with E-state index in [0.29, 0.717) is 40.1 Å². The summed E-state index contributed by atoms with van der Waals surface area (Å²) >= 11 is 0. The van der Waals surface area contributed by atoms with Crippen LogP contribution in [0.15, 0.2) is 27.7 Å². The summed E-state index contributed by atoms with van der Waals surface area (Å²) < 4.78 is 34.5. The van der Waals surface area contributed by atoms with Gasteiger partial charge in [0.15, 0.2) is 17.3 Å². The van der Waals surface area contributed by atoms with Crippen molar-refractivity contribution in [1.29, 1.82) is 0 Å². The van der Waals surface area contributed by atoms with E-state index in [-0.39, 0.29) is 11.4 Å². The maximum absolute atomic E-state index is 12.6. The molecule has 0 unspecified atom stereocenters. The molecule has 0 aliphatic heterocycles. The maximum Gasteiger partial charge on any atom is 0.258 e. The van der Waals surface area contributed by atoms with Crippen LogP contribution in [0.2, 0.25) is 0 Å². The standard InChI is InChI=1S/C15H16N8O3S/c1-8-14(9(2)19-18-8)27(24,25)16-7-13-21-20-12-6-11(4-5-23(12)13)15-17-10(3)22-26-15/h4-6,16H,7H2,1-3H3,(H,18,19). The van der Waals surface area contributed by atoms with E-state index in [1.807, 2.05) is 0 Å². The molecule has 0 spiro atoms. The molecule has 11 nitrogen and oxygen atoms in total. The van der Waals surface area contributed by atoms with Crippen LogP contribution in [0, 0.1) is 20.8 Å². The number of aryl methyl sites for hydroxylation is 3. The van der Waals surface area contributed by atoms with E-state index in [1.165, 1.54) is 0 Å².